The van der Waals surface area contributed by atoms with Gasteiger partial charge in [-0.1, -0.05) is 0 Å². The third-order valence-corrected chi connectivity index (χ3v) is 5.92. The summed E-state index contributed by atoms with van der Waals surface area (Å²) in [7, 11) is 2.52. The number of carbonyl (C=O) groups is 1. The first-order valence-electron chi connectivity index (χ1n) is 8.90. The summed E-state index contributed by atoms with van der Waals surface area (Å²) in [5.74, 6) is -1.74. The van der Waals surface area contributed by atoms with Crippen LogP contribution in [-0.2, 0) is 4.74 Å². The van der Waals surface area contributed by atoms with Crippen LogP contribution in [0, 0.1) is 12.7 Å². The predicted octanol–water partition coefficient (Wildman–Crippen LogP) is 2.89. The van der Waals surface area contributed by atoms with Crippen molar-refractivity contribution < 1.29 is 23.8 Å². The molecule has 3 heterocycles. The van der Waals surface area contributed by atoms with Gasteiger partial charge < -0.3 is 19.6 Å². The van der Waals surface area contributed by atoms with Gasteiger partial charge in [0.25, 0.3) is 5.56 Å². The van der Waals surface area contributed by atoms with Crippen molar-refractivity contribution in [2.45, 2.75) is 6.92 Å². The first kappa shape index (κ1) is 20.4. The van der Waals surface area contributed by atoms with Gasteiger partial charge in [0.15, 0.2) is 11.6 Å². The third kappa shape index (κ3) is 3.19. The first-order valence-corrected chi connectivity index (χ1v) is 9.71. The minimum absolute atomic E-state index is 0.0236. The van der Waals surface area contributed by atoms with Crippen LogP contribution in [0.4, 0.5) is 4.39 Å². The van der Waals surface area contributed by atoms with Crippen molar-refractivity contribution in [3.8, 4) is 33.2 Å². The Labute approximate surface area is 177 Å². The fourth-order valence-corrected chi connectivity index (χ4v) is 4.53. The maximum atomic E-state index is 14.4. The Hall–Kier alpha value is -3.86. The van der Waals surface area contributed by atoms with Crippen LogP contribution in [-0.4, -0.2) is 40.2 Å². The number of thiophene rings is 1. The Morgan fingerprint density at radius 2 is 1.90 bits per heavy atom. The van der Waals surface area contributed by atoms with Crippen molar-refractivity contribution in [3.63, 3.8) is 0 Å². The first-order chi connectivity index (χ1) is 14.8. The second kappa shape index (κ2) is 7.43. The van der Waals surface area contributed by atoms with Crippen LogP contribution in [0.25, 0.3) is 32.7 Å². The normalized spacial score (nSPS) is 11.1. The maximum Gasteiger partial charge on any atom is 0.342 e. The molecule has 9 nitrogen and oxygen atoms in total. The number of aromatic nitrogens is 3. The molecule has 11 heteroatoms. The van der Waals surface area contributed by atoms with E-state index in [9.17, 15) is 23.9 Å². The topological polar surface area (TPSA) is 137 Å². The zero-order chi connectivity index (χ0) is 22.4. The summed E-state index contributed by atoms with van der Waals surface area (Å²) < 4.78 is 24.1. The molecule has 0 atom stereocenters. The van der Waals surface area contributed by atoms with Crippen LogP contribution in [0.5, 0.6) is 11.5 Å². The summed E-state index contributed by atoms with van der Waals surface area (Å²) in [5, 5.41) is 10.9. The van der Waals surface area contributed by atoms with Crippen LogP contribution in [0.2, 0.25) is 0 Å². The number of H-pyrrole nitrogens is 3. The van der Waals surface area contributed by atoms with Crippen molar-refractivity contribution in [1.29, 1.82) is 0 Å². The number of fused-ring (bicyclic) bond motifs is 1. The Morgan fingerprint density at radius 3 is 2.55 bits per heavy atom. The van der Waals surface area contributed by atoms with Crippen molar-refractivity contribution in [1.82, 2.24) is 15.0 Å². The minimum atomic E-state index is -0.739. The SMILES string of the molecule is COC(=O)c1c(C)sc(-c2c(-c3ccc(OC)c(F)c3)[nH]c3[nH]c(=O)[nH]c(=O)c23)c1O. The zero-order valence-corrected chi connectivity index (χ0v) is 17.3. The molecule has 0 aliphatic carbocycles. The Morgan fingerprint density at radius 1 is 1.16 bits per heavy atom. The molecule has 0 saturated carbocycles. The maximum absolute atomic E-state index is 14.4. The van der Waals surface area contributed by atoms with E-state index in [1.807, 2.05) is 0 Å². The number of nitrogens with one attached hydrogen (secondary N) is 3. The summed E-state index contributed by atoms with van der Waals surface area (Å²) in [5.41, 5.74) is -0.607. The number of hydrogen-bond donors (Lipinski definition) is 4. The Kier molecular flexibility index (Phi) is 4.90. The van der Waals surface area contributed by atoms with Crippen LogP contribution in [0.3, 0.4) is 0 Å². The fourth-order valence-electron chi connectivity index (χ4n) is 3.44. The molecule has 0 amide bonds. The number of benzene rings is 1. The van der Waals surface area contributed by atoms with Crippen LogP contribution < -0.4 is 16.0 Å². The summed E-state index contributed by atoms with van der Waals surface area (Å²) in [4.78, 5) is 44.7. The Bertz CT molecular complexity index is 1460. The number of hydrogen-bond acceptors (Lipinski definition) is 7. The molecular formula is C20H16FN3O6S. The molecule has 160 valence electrons. The summed E-state index contributed by atoms with van der Waals surface area (Å²) in [6, 6.07) is 4.16. The molecule has 0 aliphatic rings. The van der Waals surface area contributed by atoms with E-state index in [2.05, 4.69) is 15.0 Å². The number of esters is 1. The molecule has 0 saturated heterocycles. The lowest BCUT2D eigenvalue weighted by Crippen LogP contribution is -2.21. The minimum Gasteiger partial charge on any atom is -0.505 e. The van der Waals surface area contributed by atoms with Crippen LogP contribution in [0.15, 0.2) is 27.8 Å². The highest BCUT2D eigenvalue weighted by atomic mass is 32.1. The lowest BCUT2D eigenvalue weighted by molar-refractivity contribution is 0.0597. The average molecular weight is 445 g/mol. The predicted molar refractivity (Wildman–Crippen MR) is 113 cm³/mol. The fraction of sp³-hybridized carbons (Fsp3) is 0.150. The van der Waals surface area contributed by atoms with Crippen molar-refractivity contribution in [3.05, 3.63) is 55.3 Å². The van der Waals surface area contributed by atoms with Gasteiger partial charge in [0.1, 0.15) is 17.0 Å². The molecule has 0 fully saturated rings. The van der Waals surface area contributed by atoms with Crippen LogP contribution in [0.1, 0.15) is 15.2 Å². The molecule has 0 unspecified atom stereocenters. The number of aromatic amines is 3. The number of halogens is 1. The van der Waals surface area contributed by atoms with E-state index in [-0.39, 0.29) is 44.2 Å². The van der Waals surface area contributed by atoms with E-state index >= 15 is 0 Å². The number of ether oxygens (including phenoxy) is 2. The molecule has 0 bridgehead atoms. The number of methoxy groups -OCH3 is 2. The van der Waals surface area contributed by atoms with Gasteiger partial charge in [-0.25, -0.2) is 14.0 Å². The van der Waals surface area contributed by atoms with Gasteiger partial charge in [-0.3, -0.25) is 14.8 Å². The largest absolute Gasteiger partial charge is 0.505 e. The number of carbonyl (C=O) groups excluding carboxylic acids is 1. The van der Waals surface area contributed by atoms with E-state index in [1.165, 1.54) is 26.4 Å². The van der Waals surface area contributed by atoms with Crippen molar-refractivity contribution in [2.24, 2.45) is 0 Å². The quantitative estimate of drug-likeness (QED) is 0.357. The van der Waals surface area contributed by atoms with E-state index in [0.29, 0.717) is 10.4 Å². The lowest BCUT2D eigenvalue weighted by atomic mass is 10.0. The van der Waals surface area contributed by atoms with Gasteiger partial charge in [-0.15, -0.1) is 11.3 Å². The standard InChI is InChI=1S/C20H16FN3O6S/c1-7-11(19(27)30-3)15(25)16(31-7)12-13-17(23-20(28)24-18(13)26)22-14(12)8-4-5-10(29-2)9(21)6-8/h4-6,25H,1-3H3,(H3,22,23,24,26,28). The highest BCUT2D eigenvalue weighted by Crippen LogP contribution is 2.47. The Balaban J connectivity index is 2.11. The van der Waals surface area contributed by atoms with Crippen molar-refractivity contribution >= 4 is 28.3 Å². The van der Waals surface area contributed by atoms with Gasteiger partial charge in [0.05, 0.1) is 30.2 Å². The molecule has 31 heavy (non-hydrogen) atoms. The van der Waals surface area contributed by atoms with Crippen LogP contribution >= 0.6 is 11.3 Å². The van der Waals surface area contributed by atoms with Gasteiger partial charge in [0, 0.05) is 16.0 Å². The molecule has 3 aromatic heterocycles. The van der Waals surface area contributed by atoms with Gasteiger partial charge >= 0.3 is 11.7 Å². The van der Waals surface area contributed by atoms with E-state index in [0.717, 1.165) is 11.3 Å². The average Bonchev–Trinajstić information content (AvgIpc) is 3.24. The highest BCUT2D eigenvalue weighted by Gasteiger charge is 2.28. The van der Waals surface area contributed by atoms with E-state index < -0.39 is 23.0 Å². The third-order valence-electron chi connectivity index (χ3n) is 4.81. The monoisotopic (exact) mass is 445 g/mol. The number of rotatable bonds is 4. The zero-order valence-electron chi connectivity index (χ0n) is 16.5. The molecular weight excluding hydrogens is 429 g/mol. The summed E-state index contributed by atoms with van der Waals surface area (Å²) >= 11 is 1.06. The van der Waals surface area contributed by atoms with E-state index in [1.54, 1.807) is 13.0 Å². The molecule has 0 spiro atoms. The smallest absolute Gasteiger partial charge is 0.342 e. The highest BCUT2D eigenvalue weighted by molar-refractivity contribution is 7.16. The summed E-state index contributed by atoms with van der Waals surface area (Å²) in [6.45, 7) is 1.62. The molecule has 1 aromatic carbocycles. The molecule has 4 aromatic rings. The van der Waals surface area contributed by atoms with Gasteiger partial charge in [-0.2, -0.15) is 0 Å². The lowest BCUT2D eigenvalue weighted by Gasteiger charge is -2.07. The number of aromatic hydroxyl groups is 1. The molecule has 4 N–H and O–H groups in total. The molecule has 0 aliphatic heterocycles. The number of aryl methyl sites for hydroxylation is 1. The van der Waals surface area contributed by atoms with E-state index in [4.69, 9.17) is 9.47 Å². The van der Waals surface area contributed by atoms with Gasteiger partial charge in [0.2, 0.25) is 0 Å². The van der Waals surface area contributed by atoms with Crippen molar-refractivity contribution in [2.75, 3.05) is 14.2 Å². The second-order valence-electron chi connectivity index (χ2n) is 6.59. The molecule has 4 rings (SSSR count). The van der Waals surface area contributed by atoms with Gasteiger partial charge in [-0.05, 0) is 25.1 Å². The molecule has 0 radical (unpaired) electrons. The second-order valence-corrected chi connectivity index (χ2v) is 7.81. The summed E-state index contributed by atoms with van der Waals surface area (Å²) in [6.07, 6.45) is 0.